The lowest BCUT2D eigenvalue weighted by atomic mass is 9.89. The highest BCUT2D eigenvalue weighted by Crippen LogP contribution is 2.40. The molecule has 136 valence electrons. The molecule has 0 fully saturated rings. The molecule has 0 bridgehead atoms. The summed E-state index contributed by atoms with van der Waals surface area (Å²) in [6.07, 6.45) is 6.41. The molecule has 0 saturated carbocycles. The molecule has 2 unspecified atom stereocenters. The van der Waals surface area contributed by atoms with Gasteiger partial charge in [0.25, 0.3) is 0 Å². The van der Waals surface area contributed by atoms with Gasteiger partial charge in [0, 0.05) is 36.1 Å². The highest BCUT2D eigenvalue weighted by molar-refractivity contribution is 5.63. The van der Waals surface area contributed by atoms with Crippen LogP contribution >= 0.6 is 0 Å². The molecule has 0 amide bonds. The molecule has 3 N–H and O–H groups in total. The van der Waals surface area contributed by atoms with Gasteiger partial charge in [-0.05, 0) is 49.1 Å². The van der Waals surface area contributed by atoms with Gasteiger partial charge < -0.3 is 15.3 Å². The highest BCUT2D eigenvalue weighted by atomic mass is 16.3. The SMILES string of the molecule is CCCN(CC)c1ccc(C2Nc3cccc4c3C(C=CC4)N2)c(O)c1. The number of phenols is 1. The Bertz CT molecular complexity index is 830. The lowest BCUT2D eigenvalue weighted by molar-refractivity contribution is 0.443. The van der Waals surface area contributed by atoms with E-state index in [4.69, 9.17) is 0 Å². The molecule has 2 aromatic carbocycles. The molecule has 1 heterocycles. The van der Waals surface area contributed by atoms with Gasteiger partial charge in [0.1, 0.15) is 11.9 Å². The Morgan fingerprint density at radius 2 is 2.08 bits per heavy atom. The molecular formula is C22H27N3O. The first-order valence-electron chi connectivity index (χ1n) is 9.60. The van der Waals surface area contributed by atoms with Crippen molar-refractivity contribution in [1.29, 1.82) is 0 Å². The Morgan fingerprint density at radius 3 is 2.85 bits per heavy atom. The van der Waals surface area contributed by atoms with Crippen LogP contribution in [-0.2, 0) is 6.42 Å². The maximum atomic E-state index is 10.7. The Hall–Kier alpha value is -2.46. The van der Waals surface area contributed by atoms with Crippen molar-refractivity contribution >= 4 is 11.4 Å². The molecule has 2 aromatic rings. The van der Waals surface area contributed by atoms with Gasteiger partial charge in [-0.1, -0.05) is 31.2 Å². The smallest absolute Gasteiger partial charge is 0.124 e. The van der Waals surface area contributed by atoms with Crippen molar-refractivity contribution in [3.05, 3.63) is 65.2 Å². The molecule has 1 aliphatic carbocycles. The zero-order chi connectivity index (χ0) is 18.1. The van der Waals surface area contributed by atoms with Gasteiger partial charge in [0.15, 0.2) is 0 Å². The second-order valence-electron chi connectivity index (χ2n) is 7.06. The van der Waals surface area contributed by atoms with Gasteiger partial charge in [-0.15, -0.1) is 0 Å². The van der Waals surface area contributed by atoms with E-state index in [-0.39, 0.29) is 12.2 Å². The number of nitrogens with zero attached hydrogens (tertiary/aromatic N) is 1. The number of aromatic hydroxyl groups is 1. The molecule has 0 saturated heterocycles. The zero-order valence-corrected chi connectivity index (χ0v) is 15.5. The molecule has 0 aromatic heterocycles. The van der Waals surface area contributed by atoms with Gasteiger partial charge in [0.05, 0.1) is 6.04 Å². The van der Waals surface area contributed by atoms with Crippen LogP contribution in [0.4, 0.5) is 11.4 Å². The van der Waals surface area contributed by atoms with Crippen LogP contribution in [0.15, 0.2) is 48.6 Å². The summed E-state index contributed by atoms with van der Waals surface area (Å²) in [6, 6.07) is 12.7. The van der Waals surface area contributed by atoms with Crippen LogP contribution in [0.5, 0.6) is 5.75 Å². The standard InChI is InChI=1S/C22H27N3O/c1-3-13-25(4-2)16-11-12-17(20(26)14-16)22-23-18-9-5-7-15-8-6-10-19(24-22)21(15)18/h5-7,9-12,14,19,22-24,26H,3-4,8,13H2,1-2H3. The van der Waals surface area contributed by atoms with E-state index in [1.165, 1.54) is 11.1 Å². The molecule has 2 atom stereocenters. The van der Waals surface area contributed by atoms with Crippen molar-refractivity contribution in [2.24, 2.45) is 0 Å². The fourth-order valence-corrected chi connectivity index (χ4v) is 4.11. The van der Waals surface area contributed by atoms with Gasteiger partial charge >= 0.3 is 0 Å². The maximum absolute atomic E-state index is 10.7. The highest BCUT2D eigenvalue weighted by Gasteiger charge is 2.29. The van der Waals surface area contributed by atoms with Crippen LogP contribution in [0.1, 0.15) is 49.2 Å². The molecule has 4 heteroatoms. The Morgan fingerprint density at radius 1 is 1.19 bits per heavy atom. The maximum Gasteiger partial charge on any atom is 0.124 e. The lowest BCUT2D eigenvalue weighted by Gasteiger charge is -2.37. The topological polar surface area (TPSA) is 47.5 Å². The summed E-state index contributed by atoms with van der Waals surface area (Å²) in [5, 5.41) is 17.9. The Labute approximate surface area is 155 Å². The minimum atomic E-state index is -0.110. The molecule has 0 radical (unpaired) electrons. The van der Waals surface area contributed by atoms with E-state index < -0.39 is 0 Å². The van der Waals surface area contributed by atoms with Crippen molar-refractivity contribution in [3.8, 4) is 5.75 Å². The number of nitrogens with one attached hydrogen (secondary N) is 2. The number of benzene rings is 2. The molecule has 4 rings (SSSR count). The van der Waals surface area contributed by atoms with E-state index in [1.54, 1.807) is 0 Å². The molecule has 1 aliphatic heterocycles. The minimum Gasteiger partial charge on any atom is -0.507 e. The van der Waals surface area contributed by atoms with E-state index in [0.29, 0.717) is 5.75 Å². The fraction of sp³-hybridized carbons (Fsp3) is 0.364. The van der Waals surface area contributed by atoms with Crippen LogP contribution in [0.2, 0.25) is 0 Å². The van der Waals surface area contributed by atoms with Crippen LogP contribution in [0.25, 0.3) is 0 Å². The second-order valence-corrected chi connectivity index (χ2v) is 7.06. The van der Waals surface area contributed by atoms with Crippen molar-refractivity contribution in [3.63, 3.8) is 0 Å². The largest absolute Gasteiger partial charge is 0.507 e. The number of hydrogen-bond donors (Lipinski definition) is 3. The normalized spacial score (nSPS) is 20.4. The lowest BCUT2D eigenvalue weighted by Crippen LogP contribution is -2.37. The third-order valence-corrected chi connectivity index (χ3v) is 5.39. The predicted molar refractivity (Wildman–Crippen MR) is 108 cm³/mol. The average Bonchev–Trinajstić information content (AvgIpc) is 2.66. The Balaban J connectivity index is 1.64. The van der Waals surface area contributed by atoms with Crippen LogP contribution in [0.3, 0.4) is 0 Å². The van der Waals surface area contributed by atoms with Crippen molar-refractivity contribution in [1.82, 2.24) is 5.32 Å². The van der Waals surface area contributed by atoms with Crippen LogP contribution in [0, 0.1) is 0 Å². The number of anilines is 2. The van der Waals surface area contributed by atoms with Crippen molar-refractivity contribution in [2.75, 3.05) is 23.3 Å². The number of rotatable bonds is 5. The summed E-state index contributed by atoms with van der Waals surface area (Å²) >= 11 is 0. The summed E-state index contributed by atoms with van der Waals surface area (Å²) < 4.78 is 0. The Kier molecular flexibility index (Phi) is 4.60. The van der Waals surface area contributed by atoms with Crippen molar-refractivity contribution in [2.45, 2.75) is 38.9 Å². The van der Waals surface area contributed by atoms with E-state index in [2.05, 4.69) is 65.8 Å². The molecule has 4 nitrogen and oxygen atoms in total. The predicted octanol–water partition coefficient (Wildman–Crippen LogP) is 4.50. The number of allylic oxidation sites excluding steroid dienone is 1. The van der Waals surface area contributed by atoms with Crippen LogP contribution in [-0.4, -0.2) is 18.2 Å². The van der Waals surface area contributed by atoms with Gasteiger partial charge in [-0.25, -0.2) is 0 Å². The van der Waals surface area contributed by atoms with Gasteiger partial charge in [0.2, 0.25) is 0 Å². The third-order valence-electron chi connectivity index (χ3n) is 5.39. The first-order chi connectivity index (χ1) is 12.7. The summed E-state index contributed by atoms with van der Waals surface area (Å²) in [5.74, 6) is 0.335. The number of hydrogen-bond acceptors (Lipinski definition) is 4. The summed E-state index contributed by atoms with van der Waals surface area (Å²) in [5.41, 5.74) is 5.82. The average molecular weight is 349 g/mol. The minimum absolute atomic E-state index is 0.110. The third kappa shape index (κ3) is 2.95. The summed E-state index contributed by atoms with van der Waals surface area (Å²) in [6.45, 7) is 6.26. The summed E-state index contributed by atoms with van der Waals surface area (Å²) in [4.78, 5) is 2.29. The number of phenolic OH excluding ortho intramolecular Hbond substituents is 1. The molecular weight excluding hydrogens is 322 g/mol. The van der Waals surface area contributed by atoms with Gasteiger partial charge in [-0.2, -0.15) is 0 Å². The fourth-order valence-electron chi connectivity index (χ4n) is 4.11. The van der Waals surface area contributed by atoms with E-state index in [0.717, 1.165) is 42.9 Å². The second kappa shape index (κ2) is 7.04. The van der Waals surface area contributed by atoms with Crippen LogP contribution < -0.4 is 15.5 Å². The van der Waals surface area contributed by atoms with E-state index in [1.807, 2.05) is 12.1 Å². The first kappa shape index (κ1) is 17.0. The molecule has 26 heavy (non-hydrogen) atoms. The van der Waals surface area contributed by atoms with Gasteiger partial charge in [-0.3, -0.25) is 5.32 Å². The molecule has 2 aliphatic rings. The quantitative estimate of drug-likeness (QED) is 0.696. The molecule has 0 spiro atoms. The van der Waals surface area contributed by atoms with E-state index >= 15 is 0 Å². The summed E-state index contributed by atoms with van der Waals surface area (Å²) in [7, 11) is 0. The monoisotopic (exact) mass is 349 g/mol. The van der Waals surface area contributed by atoms with E-state index in [9.17, 15) is 5.11 Å². The first-order valence-corrected chi connectivity index (χ1v) is 9.60. The van der Waals surface area contributed by atoms with Crippen molar-refractivity contribution < 1.29 is 5.11 Å². The zero-order valence-electron chi connectivity index (χ0n) is 15.5.